The van der Waals surface area contributed by atoms with Gasteiger partial charge in [-0.05, 0) is 47.1 Å². The maximum atomic E-state index is 11.4. The molecule has 0 spiro atoms. The molecule has 0 radical (unpaired) electrons. The van der Waals surface area contributed by atoms with Crippen LogP contribution in [0.5, 0.6) is 5.75 Å². The van der Waals surface area contributed by atoms with Gasteiger partial charge in [-0.25, -0.2) is 4.79 Å². The summed E-state index contributed by atoms with van der Waals surface area (Å²) in [6.45, 7) is 2.16. The molecule has 3 rings (SSSR count). The summed E-state index contributed by atoms with van der Waals surface area (Å²) >= 11 is 0. The van der Waals surface area contributed by atoms with Crippen LogP contribution < -0.4 is 0 Å². The van der Waals surface area contributed by atoms with E-state index in [1.165, 1.54) is 17.2 Å². The molecule has 2 unspecified atom stereocenters. The van der Waals surface area contributed by atoms with Gasteiger partial charge in [0.1, 0.15) is 11.3 Å². The molecular weight excluding hydrogens is 324 g/mol. The molecule has 0 aliphatic heterocycles. The van der Waals surface area contributed by atoms with Gasteiger partial charge in [-0.15, -0.1) is 0 Å². The van der Waals surface area contributed by atoms with Gasteiger partial charge >= 0.3 is 5.97 Å². The van der Waals surface area contributed by atoms with Crippen LogP contribution in [-0.2, 0) is 6.42 Å². The molecule has 3 heteroatoms. The summed E-state index contributed by atoms with van der Waals surface area (Å²) in [4.78, 5) is 11.4. The molecule has 26 heavy (non-hydrogen) atoms. The highest BCUT2D eigenvalue weighted by molar-refractivity contribution is 5.91. The highest BCUT2D eigenvalue weighted by atomic mass is 16.4. The Kier molecular flexibility index (Phi) is 5.37. The zero-order chi connectivity index (χ0) is 18.5. The topological polar surface area (TPSA) is 57.5 Å². The fourth-order valence-corrected chi connectivity index (χ4v) is 3.40. The number of rotatable bonds is 6. The summed E-state index contributed by atoms with van der Waals surface area (Å²) in [5.74, 6) is -1.02. The number of aromatic hydroxyl groups is 1. The maximum Gasteiger partial charge on any atom is 0.339 e. The van der Waals surface area contributed by atoms with Crippen LogP contribution in [0.4, 0.5) is 0 Å². The molecule has 0 saturated heterocycles. The minimum Gasteiger partial charge on any atom is -0.507 e. The number of aromatic carboxylic acids is 1. The molecule has 3 aromatic carbocycles. The third kappa shape index (κ3) is 3.94. The number of carbonyl (C=O) groups is 1. The molecule has 3 nitrogen and oxygen atoms in total. The van der Waals surface area contributed by atoms with E-state index in [0.29, 0.717) is 0 Å². The molecule has 0 bridgehead atoms. The van der Waals surface area contributed by atoms with Gasteiger partial charge in [0.05, 0.1) is 0 Å². The minimum atomic E-state index is -1.12. The zero-order valence-electron chi connectivity index (χ0n) is 14.7. The van der Waals surface area contributed by atoms with Crippen LogP contribution in [0.25, 0.3) is 0 Å². The van der Waals surface area contributed by atoms with Crippen molar-refractivity contribution in [2.45, 2.75) is 25.2 Å². The van der Waals surface area contributed by atoms with Crippen molar-refractivity contribution < 1.29 is 15.0 Å². The average molecular weight is 346 g/mol. The summed E-state index contributed by atoms with van der Waals surface area (Å²) in [6, 6.07) is 25.3. The molecule has 0 aromatic heterocycles. The van der Waals surface area contributed by atoms with Gasteiger partial charge in [-0.3, -0.25) is 0 Å². The second-order valence-electron chi connectivity index (χ2n) is 6.58. The summed E-state index contributed by atoms with van der Waals surface area (Å²) in [5, 5.41) is 19.2. The molecule has 0 amide bonds. The van der Waals surface area contributed by atoms with Gasteiger partial charge in [-0.1, -0.05) is 73.7 Å². The first-order chi connectivity index (χ1) is 12.6. The monoisotopic (exact) mass is 346 g/mol. The molecule has 132 valence electrons. The third-order valence-electron chi connectivity index (χ3n) is 4.91. The highest BCUT2D eigenvalue weighted by Gasteiger charge is 2.23. The van der Waals surface area contributed by atoms with E-state index >= 15 is 0 Å². The van der Waals surface area contributed by atoms with E-state index in [1.54, 1.807) is 6.07 Å². The molecule has 0 aliphatic rings. The lowest BCUT2D eigenvalue weighted by molar-refractivity contribution is 0.0693. The van der Waals surface area contributed by atoms with Crippen LogP contribution in [0.2, 0.25) is 0 Å². The molecular formula is C23H22O3. The number of hydrogen-bond acceptors (Lipinski definition) is 2. The number of benzene rings is 3. The van der Waals surface area contributed by atoms with Crippen LogP contribution in [0.15, 0.2) is 78.9 Å². The second-order valence-corrected chi connectivity index (χ2v) is 6.58. The Morgan fingerprint density at radius 3 is 2.12 bits per heavy atom. The first-order valence-corrected chi connectivity index (χ1v) is 8.71. The van der Waals surface area contributed by atoms with E-state index in [1.807, 2.05) is 42.5 Å². The number of hydrogen-bond donors (Lipinski definition) is 2. The first kappa shape index (κ1) is 17.7. The average Bonchev–Trinajstić information content (AvgIpc) is 2.67. The highest BCUT2D eigenvalue weighted by Crippen LogP contribution is 2.37. The standard InChI is InChI=1S/C23H22O3/c1-16(18-10-6-3-7-11-18)20(14-17-8-4-2-5-9-17)19-12-13-22(24)21(15-19)23(25)26/h2-13,15-16,20,24H,14H2,1H3,(H,25,26). The van der Waals surface area contributed by atoms with Crippen LogP contribution in [-0.4, -0.2) is 16.2 Å². The van der Waals surface area contributed by atoms with Crippen molar-refractivity contribution in [3.8, 4) is 5.75 Å². The molecule has 0 saturated carbocycles. The van der Waals surface area contributed by atoms with E-state index in [9.17, 15) is 15.0 Å². The van der Waals surface area contributed by atoms with Gasteiger partial charge in [0.15, 0.2) is 0 Å². The Morgan fingerprint density at radius 1 is 0.885 bits per heavy atom. The lowest BCUT2D eigenvalue weighted by atomic mass is 9.78. The van der Waals surface area contributed by atoms with Crippen LogP contribution in [0.1, 0.15) is 45.8 Å². The predicted molar refractivity (Wildman–Crippen MR) is 103 cm³/mol. The van der Waals surface area contributed by atoms with Crippen LogP contribution in [0.3, 0.4) is 0 Å². The fraction of sp³-hybridized carbons (Fsp3) is 0.174. The van der Waals surface area contributed by atoms with E-state index in [0.717, 1.165) is 12.0 Å². The lowest BCUT2D eigenvalue weighted by Gasteiger charge is -2.26. The lowest BCUT2D eigenvalue weighted by Crippen LogP contribution is -2.13. The van der Waals surface area contributed by atoms with Crippen molar-refractivity contribution in [3.05, 3.63) is 101 Å². The Balaban J connectivity index is 2.03. The smallest absolute Gasteiger partial charge is 0.339 e. The number of phenols is 1. The summed E-state index contributed by atoms with van der Waals surface area (Å²) in [5.41, 5.74) is 3.27. The van der Waals surface area contributed by atoms with Crippen molar-refractivity contribution in [1.82, 2.24) is 0 Å². The molecule has 3 aromatic rings. The van der Waals surface area contributed by atoms with E-state index in [4.69, 9.17) is 0 Å². The summed E-state index contributed by atoms with van der Waals surface area (Å²) in [7, 11) is 0. The van der Waals surface area contributed by atoms with Gasteiger partial charge in [0.25, 0.3) is 0 Å². The van der Waals surface area contributed by atoms with Crippen molar-refractivity contribution in [1.29, 1.82) is 0 Å². The molecule has 0 heterocycles. The van der Waals surface area contributed by atoms with E-state index in [-0.39, 0.29) is 23.1 Å². The maximum absolute atomic E-state index is 11.4. The molecule has 0 aliphatic carbocycles. The molecule has 2 atom stereocenters. The van der Waals surface area contributed by atoms with Crippen molar-refractivity contribution in [2.75, 3.05) is 0 Å². The summed E-state index contributed by atoms with van der Waals surface area (Å²) in [6.07, 6.45) is 0.792. The van der Waals surface area contributed by atoms with Gasteiger partial charge in [0.2, 0.25) is 0 Å². The molecule has 0 fully saturated rings. The molecule has 2 N–H and O–H groups in total. The van der Waals surface area contributed by atoms with Crippen molar-refractivity contribution in [3.63, 3.8) is 0 Å². The SMILES string of the molecule is CC(c1ccccc1)C(Cc1ccccc1)c1ccc(O)c(C(=O)O)c1. The number of carboxylic acid groups (broad SMARTS) is 1. The van der Waals surface area contributed by atoms with Gasteiger partial charge in [-0.2, -0.15) is 0 Å². The first-order valence-electron chi connectivity index (χ1n) is 8.71. The Morgan fingerprint density at radius 2 is 1.50 bits per heavy atom. The second kappa shape index (κ2) is 7.87. The predicted octanol–water partition coefficient (Wildman–Crippen LogP) is 5.22. The van der Waals surface area contributed by atoms with E-state index in [2.05, 4.69) is 31.2 Å². The third-order valence-corrected chi connectivity index (χ3v) is 4.91. The van der Waals surface area contributed by atoms with Gasteiger partial charge < -0.3 is 10.2 Å². The Bertz CT molecular complexity index is 872. The van der Waals surface area contributed by atoms with Gasteiger partial charge in [0, 0.05) is 0 Å². The van der Waals surface area contributed by atoms with Crippen molar-refractivity contribution in [2.24, 2.45) is 0 Å². The Hall–Kier alpha value is -3.07. The fourth-order valence-electron chi connectivity index (χ4n) is 3.40. The quantitative estimate of drug-likeness (QED) is 0.643. The van der Waals surface area contributed by atoms with Crippen LogP contribution in [0, 0.1) is 0 Å². The van der Waals surface area contributed by atoms with E-state index < -0.39 is 5.97 Å². The zero-order valence-corrected chi connectivity index (χ0v) is 14.7. The Labute approximate surface area is 153 Å². The van der Waals surface area contributed by atoms with Crippen LogP contribution >= 0.6 is 0 Å². The summed E-state index contributed by atoms with van der Waals surface area (Å²) < 4.78 is 0. The minimum absolute atomic E-state index is 0.0548. The number of carboxylic acids is 1. The normalized spacial score (nSPS) is 13.1. The van der Waals surface area contributed by atoms with Crippen molar-refractivity contribution >= 4 is 5.97 Å². The largest absolute Gasteiger partial charge is 0.507 e.